The van der Waals surface area contributed by atoms with Crippen molar-refractivity contribution >= 4 is 0 Å². The molecule has 0 spiro atoms. The van der Waals surface area contributed by atoms with Gasteiger partial charge in [-0.3, -0.25) is 0 Å². The van der Waals surface area contributed by atoms with Crippen LogP contribution < -0.4 is 0 Å². The average Bonchev–Trinajstić information content (AvgIpc) is 2.17. The van der Waals surface area contributed by atoms with Gasteiger partial charge in [-0.25, -0.2) is 0 Å². The fourth-order valence-corrected chi connectivity index (χ4v) is 0.863. The van der Waals surface area contributed by atoms with Crippen molar-refractivity contribution in [3.63, 3.8) is 0 Å². The molecule has 0 bridgehead atoms. The molecule has 1 nitrogen and oxygen atoms in total. The van der Waals surface area contributed by atoms with E-state index in [1.807, 2.05) is 0 Å². The molecular formula is C7H14O. The van der Waals surface area contributed by atoms with Crippen molar-refractivity contribution in [3.8, 4) is 0 Å². The predicted octanol–water partition coefficient (Wildman–Crippen LogP) is 1.96. The summed E-state index contributed by atoms with van der Waals surface area (Å²) in [6.07, 6.45) is 2.92. The number of rotatable bonds is 2. The van der Waals surface area contributed by atoms with Gasteiger partial charge < -0.3 is 4.74 Å². The number of hydrogen-bond donors (Lipinski definition) is 0. The first-order valence-electron chi connectivity index (χ1n) is 3.30. The van der Waals surface area contributed by atoms with Gasteiger partial charge in [0.2, 0.25) is 0 Å². The Hall–Kier alpha value is -0.0400. The van der Waals surface area contributed by atoms with E-state index >= 15 is 0 Å². The summed E-state index contributed by atoms with van der Waals surface area (Å²) in [5.41, 5.74) is 0.272. The molecule has 0 saturated heterocycles. The molecule has 0 aromatic rings. The van der Waals surface area contributed by atoms with Gasteiger partial charge in [0.15, 0.2) is 0 Å². The Morgan fingerprint density at radius 2 is 1.88 bits per heavy atom. The van der Waals surface area contributed by atoms with Crippen LogP contribution in [0.5, 0.6) is 0 Å². The smallest absolute Gasteiger partial charge is 0.0660 e. The minimum Gasteiger partial charge on any atom is -0.373 e. The number of ether oxygens (including phenoxy) is 1. The minimum absolute atomic E-state index is 0.272. The molecule has 0 radical (unpaired) electrons. The molecule has 0 unspecified atom stereocenters. The lowest BCUT2D eigenvalue weighted by Gasteiger charge is -2.12. The molecule has 1 aliphatic rings. The molecule has 0 heterocycles. The van der Waals surface area contributed by atoms with E-state index in [4.69, 9.17) is 4.74 Å². The third-order valence-electron chi connectivity index (χ3n) is 1.47. The lowest BCUT2D eigenvalue weighted by Crippen LogP contribution is -2.14. The standard InChI is InChI=1S/C7H14O/c1-6(2)8-7(3)4-5-7/h6H,4-5H2,1-3H3. The van der Waals surface area contributed by atoms with E-state index in [2.05, 4.69) is 20.8 Å². The van der Waals surface area contributed by atoms with Crippen LogP contribution in [-0.4, -0.2) is 11.7 Å². The van der Waals surface area contributed by atoms with Crippen molar-refractivity contribution in [2.45, 2.75) is 45.3 Å². The van der Waals surface area contributed by atoms with Crippen molar-refractivity contribution in [2.75, 3.05) is 0 Å². The van der Waals surface area contributed by atoms with Gasteiger partial charge in [0, 0.05) is 0 Å². The molecule has 48 valence electrons. The Bertz CT molecular complexity index is 82.4. The van der Waals surface area contributed by atoms with Gasteiger partial charge in [-0.2, -0.15) is 0 Å². The monoisotopic (exact) mass is 114 g/mol. The van der Waals surface area contributed by atoms with Crippen molar-refractivity contribution in [1.29, 1.82) is 0 Å². The average molecular weight is 114 g/mol. The van der Waals surface area contributed by atoms with E-state index in [0.29, 0.717) is 6.10 Å². The van der Waals surface area contributed by atoms with Gasteiger partial charge in [0.1, 0.15) is 0 Å². The fraction of sp³-hybridized carbons (Fsp3) is 1.00. The highest BCUT2D eigenvalue weighted by Gasteiger charge is 2.39. The molecule has 0 atom stereocenters. The molecule has 0 aromatic heterocycles. The Morgan fingerprint density at radius 1 is 1.38 bits per heavy atom. The Morgan fingerprint density at radius 3 is 2.00 bits per heavy atom. The highest BCUT2D eigenvalue weighted by atomic mass is 16.5. The summed E-state index contributed by atoms with van der Waals surface area (Å²) in [6, 6.07) is 0. The maximum atomic E-state index is 5.55. The summed E-state index contributed by atoms with van der Waals surface area (Å²) in [5.74, 6) is 0. The van der Waals surface area contributed by atoms with Crippen LogP contribution in [0.15, 0.2) is 0 Å². The largest absolute Gasteiger partial charge is 0.373 e. The van der Waals surface area contributed by atoms with Crippen LogP contribution in [-0.2, 0) is 4.74 Å². The Labute approximate surface area is 51.0 Å². The third-order valence-corrected chi connectivity index (χ3v) is 1.47. The maximum absolute atomic E-state index is 5.55. The van der Waals surface area contributed by atoms with Crippen LogP contribution in [0.1, 0.15) is 33.6 Å². The van der Waals surface area contributed by atoms with Crippen LogP contribution in [0.25, 0.3) is 0 Å². The zero-order valence-electron chi connectivity index (χ0n) is 5.90. The molecule has 1 rings (SSSR count). The molecule has 8 heavy (non-hydrogen) atoms. The van der Waals surface area contributed by atoms with Crippen LogP contribution in [0, 0.1) is 0 Å². The molecule has 0 amide bonds. The van der Waals surface area contributed by atoms with E-state index < -0.39 is 0 Å². The van der Waals surface area contributed by atoms with Crippen LogP contribution in [0.4, 0.5) is 0 Å². The lowest BCUT2D eigenvalue weighted by molar-refractivity contribution is 0.000869. The quantitative estimate of drug-likeness (QED) is 0.533. The zero-order valence-corrected chi connectivity index (χ0v) is 5.90. The maximum Gasteiger partial charge on any atom is 0.0660 e. The van der Waals surface area contributed by atoms with Gasteiger partial charge in [0.05, 0.1) is 11.7 Å². The first-order chi connectivity index (χ1) is 3.62. The molecule has 1 fully saturated rings. The van der Waals surface area contributed by atoms with E-state index in [-0.39, 0.29) is 5.60 Å². The Balaban J connectivity index is 2.19. The normalized spacial score (nSPS) is 24.0. The molecular weight excluding hydrogens is 100 g/mol. The van der Waals surface area contributed by atoms with E-state index in [9.17, 15) is 0 Å². The SMILES string of the molecule is CC(C)OC1(C)CC1. The van der Waals surface area contributed by atoms with Crippen molar-refractivity contribution in [2.24, 2.45) is 0 Å². The first-order valence-corrected chi connectivity index (χ1v) is 3.30. The topological polar surface area (TPSA) is 9.23 Å². The molecule has 1 heteroatoms. The van der Waals surface area contributed by atoms with Crippen molar-refractivity contribution < 1.29 is 4.74 Å². The highest BCUT2D eigenvalue weighted by molar-refractivity contribution is 4.90. The van der Waals surface area contributed by atoms with Gasteiger partial charge in [0.25, 0.3) is 0 Å². The summed E-state index contributed by atoms with van der Waals surface area (Å²) in [6.45, 7) is 6.35. The zero-order chi connectivity index (χ0) is 6.20. The van der Waals surface area contributed by atoms with Gasteiger partial charge >= 0.3 is 0 Å². The summed E-state index contributed by atoms with van der Waals surface area (Å²) < 4.78 is 5.55. The molecule has 0 aliphatic heterocycles. The highest BCUT2D eigenvalue weighted by Crippen LogP contribution is 2.39. The van der Waals surface area contributed by atoms with Gasteiger partial charge in [-0.1, -0.05) is 0 Å². The first kappa shape index (κ1) is 6.09. The molecule has 1 saturated carbocycles. The fourth-order valence-electron chi connectivity index (χ4n) is 0.863. The molecule has 1 aliphatic carbocycles. The van der Waals surface area contributed by atoms with Crippen molar-refractivity contribution in [1.82, 2.24) is 0 Å². The minimum atomic E-state index is 0.272. The molecule has 0 N–H and O–H groups in total. The van der Waals surface area contributed by atoms with E-state index in [0.717, 1.165) is 0 Å². The summed E-state index contributed by atoms with van der Waals surface area (Å²) >= 11 is 0. The molecule has 0 aromatic carbocycles. The van der Waals surface area contributed by atoms with Crippen molar-refractivity contribution in [3.05, 3.63) is 0 Å². The van der Waals surface area contributed by atoms with Gasteiger partial charge in [-0.15, -0.1) is 0 Å². The summed E-state index contributed by atoms with van der Waals surface area (Å²) in [5, 5.41) is 0. The second kappa shape index (κ2) is 1.73. The third kappa shape index (κ3) is 1.48. The second-order valence-electron chi connectivity index (χ2n) is 3.12. The summed E-state index contributed by atoms with van der Waals surface area (Å²) in [4.78, 5) is 0. The van der Waals surface area contributed by atoms with Crippen LogP contribution in [0.2, 0.25) is 0 Å². The number of hydrogen-bond acceptors (Lipinski definition) is 1. The Kier molecular flexibility index (Phi) is 1.31. The predicted molar refractivity (Wildman–Crippen MR) is 33.9 cm³/mol. The lowest BCUT2D eigenvalue weighted by atomic mass is 10.4. The van der Waals surface area contributed by atoms with Gasteiger partial charge in [-0.05, 0) is 33.6 Å². The van der Waals surface area contributed by atoms with E-state index in [1.54, 1.807) is 0 Å². The van der Waals surface area contributed by atoms with Crippen LogP contribution in [0.3, 0.4) is 0 Å². The summed E-state index contributed by atoms with van der Waals surface area (Å²) in [7, 11) is 0. The second-order valence-corrected chi connectivity index (χ2v) is 3.12. The van der Waals surface area contributed by atoms with E-state index in [1.165, 1.54) is 12.8 Å². The van der Waals surface area contributed by atoms with Crippen LogP contribution >= 0.6 is 0 Å².